The summed E-state index contributed by atoms with van der Waals surface area (Å²) in [6.07, 6.45) is 4.90. The number of hydrogen-bond acceptors (Lipinski definition) is 4. The fourth-order valence-electron chi connectivity index (χ4n) is 4.86. The number of nitrogens with one attached hydrogen (secondary N) is 1. The van der Waals surface area contributed by atoms with E-state index in [-0.39, 0.29) is 5.91 Å². The van der Waals surface area contributed by atoms with Gasteiger partial charge in [-0.25, -0.2) is 0 Å². The molecule has 0 atom stereocenters. The number of halogens is 2. The van der Waals surface area contributed by atoms with E-state index in [1.54, 1.807) is 24.3 Å². The SMILES string of the molecule is CN1CCCN(CCC2CCN(c3ccc(Cl)cc3NC(=O)c3cccc(Cl)c3)CC2)CC1. The highest BCUT2D eigenvalue weighted by Gasteiger charge is 2.23. The van der Waals surface area contributed by atoms with E-state index in [1.165, 1.54) is 58.4 Å². The Kier molecular flexibility index (Phi) is 8.53. The molecule has 0 saturated carbocycles. The van der Waals surface area contributed by atoms with Gasteiger partial charge in [0.1, 0.15) is 0 Å². The smallest absolute Gasteiger partial charge is 0.255 e. The number of benzene rings is 2. The molecule has 1 amide bonds. The first-order valence-electron chi connectivity index (χ1n) is 12.0. The van der Waals surface area contributed by atoms with Crippen molar-refractivity contribution >= 4 is 40.5 Å². The maximum Gasteiger partial charge on any atom is 0.255 e. The lowest BCUT2D eigenvalue weighted by molar-refractivity contribution is 0.102. The molecular weight excluding hydrogens is 455 g/mol. The molecule has 2 saturated heterocycles. The molecule has 2 aliphatic heterocycles. The molecule has 0 radical (unpaired) electrons. The molecule has 0 spiro atoms. The number of carbonyl (C=O) groups excluding carboxylic acids is 1. The zero-order chi connectivity index (χ0) is 23.2. The second kappa shape index (κ2) is 11.6. The Bertz CT molecular complexity index is 946. The normalized spacial score (nSPS) is 18.8. The van der Waals surface area contributed by atoms with Gasteiger partial charge in [0.25, 0.3) is 5.91 Å². The van der Waals surface area contributed by atoms with Crippen LogP contribution in [0.3, 0.4) is 0 Å². The second-order valence-corrected chi connectivity index (χ2v) is 10.2. The number of nitrogens with zero attached hydrogens (tertiary/aromatic N) is 3. The lowest BCUT2D eigenvalue weighted by atomic mass is 9.93. The number of rotatable bonds is 6. The van der Waals surface area contributed by atoms with E-state index < -0.39 is 0 Å². The number of hydrogen-bond donors (Lipinski definition) is 1. The van der Waals surface area contributed by atoms with Crippen molar-refractivity contribution in [3.8, 4) is 0 Å². The standard InChI is InChI=1S/C26H34Cl2N4O/c1-30-11-3-12-31(17-16-30)13-8-20-9-14-32(15-10-20)25-7-6-23(28)19-24(25)29-26(33)21-4-2-5-22(27)18-21/h2,4-7,18-20H,3,8-17H2,1H3,(H,29,33). The minimum Gasteiger partial charge on any atom is -0.370 e. The predicted octanol–water partition coefficient (Wildman–Crippen LogP) is 5.49. The Hall–Kier alpha value is -1.79. The van der Waals surface area contributed by atoms with Crippen molar-refractivity contribution in [1.82, 2.24) is 9.80 Å². The van der Waals surface area contributed by atoms with Crippen LogP contribution in [0.2, 0.25) is 10.0 Å². The van der Waals surface area contributed by atoms with Gasteiger partial charge in [0.2, 0.25) is 0 Å². The molecule has 7 heteroatoms. The summed E-state index contributed by atoms with van der Waals surface area (Å²) in [6.45, 7) is 8.01. The Morgan fingerprint density at radius 2 is 1.76 bits per heavy atom. The largest absolute Gasteiger partial charge is 0.370 e. The molecule has 5 nitrogen and oxygen atoms in total. The minimum atomic E-state index is -0.181. The van der Waals surface area contributed by atoms with Gasteiger partial charge in [0.05, 0.1) is 11.4 Å². The van der Waals surface area contributed by atoms with E-state index in [9.17, 15) is 4.79 Å². The third-order valence-corrected chi connectivity index (χ3v) is 7.38. The zero-order valence-corrected chi connectivity index (χ0v) is 20.9. The van der Waals surface area contributed by atoms with Crippen molar-refractivity contribution in [2.24, 2.45) is 5.92 Å². The van der Waals surface area contributed by atoms with Crippen LogP contribution in [-0.4, -0.2) is 68.6 Å². The van der Waals surface area contributed by atoms with Gasteiger partial charge in [-0.3, -0.25) is 4.79 Å². The van der Waals surface area contributed by atoms with E-state index in [4.69, 9.17) is 23.2 Å². The molecule has 0 aromatic heterocycles. The fourth-order valence-corrected chi connectivity index (χ4v) is 5.22. The van der Waals surface area contributed by atoms with Crippen LogP contribution in [0, 0.1) is 5.92 Å². The molecule has 0 aliphatic carbocycles. The molecule has 0 bridgehead atoms. The van der Waals surface area contributed by atoms with Crippen molar-refractivity contribution in [2.75, 3.05) is 63.1 Å². The number of amides is 1. The molecule has 2 aliphatic rings. The monoisotopic (exact) mass is 488 g/mol. The highest BCUT2D eigenvalue weighted by Crippen LogP contribution is 2.33. The van der Waals surface area contributed by atoms with Crippen molar-refractivity contribution in [3.05, 3.63) is 58.1 Å². The summed E-state index contributed by atoms with van der Waals surface area (Å²) in [5.74, 6) is 0.582. The molecule has 33 heavy (non-hydrogen) atoms. The van der Waals surface area contributed by atoms with Gasteiger partial charge in [-0.2, -0.15) is 0 Å². The van der Waals surface area contributed by atoms with Gasteiger partial charge >= 0.3 is 0 Å². The van der Waals surface area contributed by atoms with Crippen LogP contribution in [0.25, 0.3) is 0 Å². The molecular formula is C26H34Cl2N4O. The van der Waals surface area contributed by atoms with Crippen molar-refractivity contribution in [2.45, 2.75) is 25.7 Å². The fraction of sp³-hybridized carbons (Fsp3) is 0.500. The lowest BCUT2D eigenvalue weighted by Crippen LogP contribution is -2.36. The summed E-state index contributed by atoms with van der Waals surface area (Å²) < 4.78 is 0. The van der Waals surface area contributed by atoms with Crippen molar-refractivity contribution < 1.29 is 4.79 Å². The summed E-state index contributed by atoms with van der Waals surface area (Å²) in [5.41, 5.74) is 2.32. The van der Waals surface area contributed by atoms with Gasteiger partial charge in [-0.1, -0.05) is 29.3 Å². The van der Waals surface area contributed by atoms with Crippen LogP contribution < -0.4 is 10.2 Å². The lowest BCUT2D eigenvalue weighted by Gasteiger charge is -2.35. The average molecular weight is 489 g/mol. The summed E-state index contributed by atoms with van der Waals surface area (Å²) in [4.78, 5) is 20.3. The summed E-state index contributed by atoms with van der Waals surface area (Å²) in [6, 6.07) is 12.7. The van der Waals surface area contributed by atoms with Crippen molar-refractivity contribution in [3.63, 3.8) is 0 Å². The van der Waals surface area contributed by atoms with Crippen LogP contribution >= 0.6 is 23.2 Å². The molecule has 0 unspecified atom stereocenters. The Labute approximate surface area is 207 Å². The molecule has 178 valence electrons. The number of likely N-dealkylation sites (N-methyl/N-ethyl adjacent to an activating group) is 1. The van der Waals surface area contributed by atoms with E-state index in [0.29, 0.717) is 15.6 Å². The highest BCUT2D eigenvalue weighted by molar-refractivity contribution is 6.31. The van der Waals surface area contributed by atoms with Crippen LogP contribution in [0.5, 0.6) is 0 Å². The molecule has 2 aromatic rings. The molecule has 2 heterocycles. The molecule has 1 N–H and O–H groups in total. The molecule has 4 rings (SSSR count). The first kappa shape index (κ1) is 24.3. The van der Waals surface area contributed by atoms with E-state index in [2.05, 4.69) is 27.1 Å². The third-order valence-electron chi connectivity index (χ3n) is 6.91. The number of carbonyl (C=O) groups is 1. The minimum absolute atomic E-state index is 0.181. The number of anilines is 2. The zero-order valence-electron chi connectivity index (χ0n) is 19.4. The van der Waals surface area contributed by atoms with E-state index in [0.717, 1.165) is 30.4 Å². The summed E-state index contributed by atoms with van der Waals surface area (Å²) >= 11 is 12.3. The second-order valence-electron chi connectivity index (χ2n) is 9.34. The highest BCUT2D eigenvalue weighted by atomic mass is 35.5. The van der Waals surface area contributed by atoms with Gasteiger partial charge in [0.15, 0.2) is 0 Å². The predicted molar refractivity (Wildman–Crippen MR) is 139 cm³/mol. The third kappa shape index (κ3) is 6.86. The van der Waals surface area contributed by atoms with Crippen LogP contribution in [0.15, 0.2) is 42.5 Å². The van der Waals surface area contributed by atoms with E-state index >= 15 is 0 Å². The van der Waals surface area contributed by atoms with Gasteiger partial charge in [0, 0.05) is 41.8 Å². The maximum atomic E-state index is 12.8. The van der Waals surface area contributed by atoms with Crippen molar-refractivity contribution in [1.29, 1.82) is 0 Å². The topological polar surface area (TPSA) is 38.8 Å². The molecule has 2 fully saturated rings. The van der Waals surface area contributed by atoms with Crippen LogP contribution in [0.4, 0.5) is 11.4 Å². The summed E-state index contributed by atoms with van der Waals surface area (Å²) in [5, 5.41) is 4.20. The quantitative estimate of drug-likeness (QED) is 0.583. The first-order chi connectivity index (χ1) is 16.0. The summed E-state index contributed by atoms with van der Waals surface area (Å²) in [7, 11) is 2.22. The van der Waals surface area contributed by atoms with Gasteiger partial charge in [-0.15, -0.1) is 0 Å². The van der Waals surface area contributed by atoms with Gasteiger partial charge < -0.3 is 20.0 Å². The Balaban J connectivity index is 1.34. The first-order valence-corrected chi connectivity index (χ1v) is 12.8. The molecule has 2 aromatic carbocycles. The number of piperidine rings is 1. The van der Waals surface area contributed by atoms with E-state index in [1.807, 2.05) is 18.2 Å². The maximum absolute atomic E-state index is 12.8. The van der Waals surface area contributed by atoms with Gasteiger partial charge in [-0.05, 0) is 94.7 Å². The Morgan fingerprint density at radius 3 is 2.55 bits per heavy atom. The van der Waals surface area contributed by atoms with Crippen LogP contribution in [0.1, 0.15) is 36.0 Å². The Morgan fingerprint density at radius 1 is 0.970 bits per heavy atom. The van der Waals surface area contributed by atoms with Crippen LogP contribution in [-0.2, 0) is 0 Å². The average Bonchev–Trinajstić information content (AvgIpc) is 3.02.